The lowest BCUT2D eigenvalue weighted by Gasteiger charge is -2.26. The quantitative estimate of drug-likeness (QED) is 0.589. The standard InChI is InChI=1S/C21H18Cl2N6O2/c1-11(2)26-20(30)14-8-13(10-24)7-12(3)18(14)29(19-15(22)5-4-6-25-19)21(31)16-9-17(23)28-27-16/h4-9,11H,1-3H3,(H,26,30)(H,27,28). The number of hydrogen-bond acceptors (Lipinski definition) is 5. The predicted octanol–water partition coefficient (Wildman–Crippen LogP) is 4.41. The lowest BCUT2D eigenvalue weighted by molar-refractivity contribution is 0.0943. The van der Waals surface area contributed by atoms with Crippen molar-refractivity contribution in [2.75, 3.05) is 4.90 Å². The molecule has 2 aromatic heterocycles. The molecule has 31 heavy (non-hydrogen) atoms. The van der Waals surface area contributed by atoms with E-state index in [4.69, 9.17) is 23.2 Å². The summed E-state index contributed by atoms with van der Waals surface area (Å²) < 4.78 is 0. The number of aromatic nitrogens is 3. The zero-order valence-corrected chi connectivity index (χ0v) is 18.4. The van der Waals surface area contributed by atoms with Gasteiger partial charge in [-0.3, -0.25) is 19.6 Å². The maximum absolute atomic E-state index is 13.5. The SMILES string of the molecule is Cc1cc(C#N)cc(C(=O)NC(C)C)c1N(C(=O)c1cc(Cl)[nH]n1)c1ncccc1Cl. The molecule has 10 heteroatoms. The van der Waals surface area contributed by atoms with E-state index in [9.17, 15) is 14.9 Å². The summed E-state index contributed by atoms with van der Waals surface area (Å²) in [6, 6.07) is 9.44. The molecule has 0 saturated carbocycles. The van der Waals surface area contributed by atoms with Crippen molar-refractivity contribution >= 4 is 46.5 Å². The molecule has 0 saturated heterocycles. The number of nitrogens with zero attached hydrogens (tertiary/aromatic N) is 4. The molecule has 2 heterocycles. The van der Waals surface area contributed by atoms with E-state index < -0.39 is 11.8 Å². The van der Waals surface area contributed by atoms with Gasteiger partial charge in [-0.1, -0.05) is 23.2 Å². The molecule has 0 fully saturated rings. The molecule has 3 aromatic rings. The number of carbonyl (C=O) groups is 2. The Hall–Kier alpha value is -3.41. The third kappa shape index (κ3) is 4.68. The number of hydrogen-bond donors (Lipinski definition) is 2. The number of amides is 2. The van der Waals surface area contributed by atoms with Crippen LogP contribution in [0.3, 0.4) is 0 Å². The molecule has 8 nitrogen and oxygen atoms in total. The van der Waals surface area contributed by atoms with Gasteiger partial charge in [0.25, 0.3) is 11.8 Å². The fraction of sp³-hybridized carbons (Fsp3) is 0.190. The Bertz CT molecular complexity index is 1200. The summed E-state index contributed by atoms with van der Waals surface area (Å²) in [4.78, 5) is 32.0. The molecule has 0 atom stereocenters. The number of rotatable bonds is 5. The van der Waals surface area contributed by atoms with Crippen LogP contribution in [-0.2, 0) is 0 Å². The largest absolute Gasteiger partial charge is 0.350 e. The Balaban J connectivity index is 2.31. The maximum Gasteiger partial charge on any atom is 0.284 e. The third-order valence-corrected chi connectivity index (χ3v) is 4.73. The van der Waals surface area contributed by atoms with Gasteiger partial charge in [-0.15, -0.1) is 0 Å². The van der Waals surface area contributed by atoms with Crippen molar-refractivity contribution in [3.63, 3.8) is 0 Å². The van der Waals surface area contributed by atoms with Crippen LogP contribution in [0.1, 0.15) is 45.8 Å². The van der Waals surface area contributed by atoms with Crippen molar-refractivity contribution in [1.82, 2.24) is 20.5 Å². The Morgan fingerprint density at radius 1 is 1.26 bits per heavy atom. The lowest BCUT2D eigenvalue weighted by Crippen LogP contribution is -2.34. The number of aryl methyl sites for hydroxylation is 1. The summed E-state index contributed by atoms with van der Waals surface area (Å²) in [5, 5.41) is 19.0. The summed E-state index contributed by atoms with van der Waals surface area (Å²) in [7, 11) is 0. The molecule has 2 N–H and O–H groups in total. The van der Waals surface area contributed by atoms with Gasteiger partial charge < -0.3 is 5.32 Å². The minimum Gasteiger partial charge on any atom is -0.350 e. The highest BCUT2D eigenvalue weighted by Crippen LogP contribution is 2.36. The van der Waals surface area contributed by atoms with Crippen LogP contribution in [0.25, 0.3) is 0 Å². The monoisotopic (exact) mass is 456 g/mol. The Morgan fingerprint density at radius 2 is 2.00 bits per heavy atom. The Labute approximate surface area is 188 Å². The molecule has 2 amide bonds. The van der Waals surface area contributed by atoms with Gasteiger partial charge in [0.05, 0.1) is 27.9 Å². The number of pyridine rings is 1. The van der Waals surface area contributed by atoms with E-state index in [0.717, 1.165) is 0 Å². The van der Waals surface area contributed by atoms with Crippen molar-refractivity contribution in [2.24, 2.45) is 0 Å². The van der Waals surface area contributed by atoms with Crippen LogP contribution in [-0.4, -0.2) is 33.0 Å². The molecule has 0 spiro atoms. The van der Waals surface area contributed by atoms with E-state index in [2.05, 4.69) is 20.5 Å². The summed E-state index contributed by atoms with van der Waals surface area (Å²) in [6.45, 7) is 5.31. The van der Waals surface area contributed by atoms with E-state index in [1.807, 2.05) is 19.9 Å². The highest BCUT2D eigenvalue weighted by molar-refractivity contribution is 6.34. The number of halogens is 2. The molecule has 3 rings (SSSR count). The lowest BCUT2D eigenvalue weighted by atomic mass is 10.0. The van der Waals surface area contributed by atoms with Crippen molar-refractivity contribution in [3.8, 4) is 6.07 Å². The number of nitriles is 1. The first-order valence-electron chi connectivity index (χ1n) is 9.24. The number of H-pyrrole nitrogens is 1. The fourth-order valence-electron chi connectivity index (χ4n) is 3.02. The molecular weight excluding hydrogens is 439 g/mol. The first kappa shape index (κ1) is 22.3. The summed E-state index contributed by atoms with van der Waals surface area (Å²) in [5.74, 6) is -0.940. The molecule has 158 valence electrons. The topological polar surface area (TPSA) is 115 Å². The molecule has 0 bridgehead atoms. The first-order valence-corrected chi connectivity index (χ1v) is 10.00. The van der Waals surface area contributed by atoms with Gasteiger partial charge in [0.15, 0.2) is 11.5 Å². The number of benzene rings is 1. The van der Waals surface area contributed by atoms with Crippen molar-refractivity contribution in [3.05, 3.63) is 69.1 Å². The van der Waals surface area contributed by atoms with Crippen LogP contribution < -0.4 is 10.2 Å². The highest BCUT2D eigenvalue weighted by atomic mass is 35.5. The van der Waals surface area contributed by atoms with E-state index in [0.29, 0.717) is 5.56 Å². The van der Waals surface area contributed by atoms with Crippen LogP contribution >= 0.6 is 23.2 Å². The van der Waals surface area contributed by atoms with Crippen LogP contribution in [0.15, 0.2) is 36.5 Å². The van der Waals surface area contributed by atoms with Gasteiger partial charge in [0.2, 0.25) is 0 Å². The average molecular weight is 457 g/mol. The Morgan fingerprint density at radius 3 is 2.58 bits per heavy atom. The number of anilines is 2. The zero-order chi connectivity index (χ0) is 22.7. The smallest absolute Gasteiger partial charge is 0.284 e. The number of nitrogens with one attached hydrogen (secondary N) is 2. The van der Waals surface area contributed by atoms with Crippen molar-refractivity contribution in [2.45, 2.75) is 26.8 Å². The van der Waals surface area contributed by atoms with E-state index in [1.165, 1.54) is 23.2 Å². The fourth-order valence-corrected chi connectivity index (χ4v) is 3.37. The minimum absolute atomic E-state index is 0.00528. The molecule has 0 aliphatic carbocycles. The number of aromatic amines is 1. The van der Waals surface area contributed by atoms with Gasteiger partial charge in [-0.05, 0) is 50.6 Å². The molecular formula is C21H18Cl2N6O2. The van der Waals surface area contributed by atoms with E-state index in [-0.39, 0.29) is 44.5 Å². The second kappa shape index (κ2) is 9.16. The predicted molar refractivity (Wildman–Crippen MR) is 118 cm³/mol. The molecule has 1 aromatic carbocycles. The van der Waals surface area contributed by atoms with Crippen LogP contribution in [0.5, 0.6) is 0 Å². The van der Waals surface area contributed by atoms with Gasteiger partial charge in [0.1, 0.15) is 5.15 Å². The van der Waals surface area contributed by atoms with Gasteiger partial charge >= 0.3 is 0 Å². The second-order valence-electron chi connectivity index (χ2n) is 6.98. The first-order chi connectivity index (χ1) is 14.7. The molecule has 0 unspecified atom stereocenters. The van der Waals surface area contributed by atoms with Gasteiger partial charge in [-0.25, -0.2) is 4.98 Å². The van der Waals surface area contributed by atoms with Crippen LogP contribution in [0, 0.1) is 18.3 Å². The van der Waals surface area contributed by atoms with Gasteiger partial charge in [-0.2, -0.15) is 10.4 Å². The summed E-state index contributed by atoms with van der Waals surface area (Å²) >= 11 is 12.3. The average Bonchev–Trinajstić information content (AvgIpc) is 3.16. The third-order valence-electron chi connectivity index (χ3n) is 4.24. The van der Waals surface area contributed by atoms with Crippen molar-refractivity contribution in [1.29, 1.82) is 5.26 Å². The van der Waals surface area contributed by atoms with Gasteiger partial charge in [0, 0.05) is 18.3 Å². The zero-order valence-electron chi connectivity index (χ0n) is 16.9. The highest BCUT2D eigenvalue weighted by Gasteiger charge is 2.30. The molecule has 0 radical (unpaired) electrons. The summed E-state index contributed by atoms with van der Waals surface area (Å²) in [6.07, 6.45) is 1.48. The van der Waals surface area contributed by atoms with Crippen LogP contribution in [0.2, 0.25) is 10.2 Å². The van der Waals surface area contributed by atoms with Crippen LogP contribution in [0.4, 0.5) is 11.5 Å². The maximum atomic E-state index is 13.5. The second-order valence-corrected chi connectivity index (χ2v) is 7.79. The molecule has 0 aliphatic heterocycles. The normalized spacial score (nSPS) is 10.6. The van der Waals surface area contributed by atoms with E-state index in [1.54, 1.807) is 25.1 Å². The van der Waals surface area contributed by atoms with E-state index >= 15 is 0 Å². The molecule has 0 aliphatic rings. The van der Waals surface area contributed by atoms with Crippen molar-refractivity contribution < 1.29 is 9.59 Å². The Kier molecular flexibility index (Phi) is 6.59. The number of carbonyl (C=O) groups excluding carboxylic acids is 2. The minimum atomic E-state index is -0.602. The summed E-state index contributed by atoms with van der Waals surface area (Å²) in [5.41, 5.74) is 1.15.